The van der Waals surface area contributed by atoms with Crippen LogP contribution in [0.15, 0.2) is 29.4 Å². The molecule has 1 aromatic rings. The number of rotatable bonds is 8. The molecule has 0 spiro atoms. The van der Waals surface area contributed by atoms with Crippen molar-refractivity contribution in [2.24, 2.45) is 11.0 Å². The third-order valence-corrected chi connectivity index (χ3v) is 3.04. The maximum atomic E-state index is 11.6. The number of nitrogens with zero attached hydrogens (tertiary/aromatic N) is 2. The Morgan fingerprint density at radius 3 is 2.50 bits per heavy atom. The van der Waals surface area contributed by atoms with Gasteiger partial charge in [0.2, 0.25) is 0 Å². The van der Waals surface area contributed by atoms with Crippen LogP contribution in [0.25, 0.3) is 0 Å². The van der Waals surface area contributed by atoms with Gasteiger partial charge in [-0.1, -0.05) is 0 Å². The summed E-state index contributed by atoms with van der Waals surface area (Å²) in [6.07, 6.45) is 0. The predicted molar refractivity (Wildman–Crippen MR) is 85.6 cm³/mol. The number of nitrogens with one attached hydrogen (secondary N) is 1. The summed E-state index contributed by atoms with van der Waals surface area (Å²) in [7, 11) is 0. The van der Waals surface area contributed by atoms with Gasteiger partial charge >= 0.3 is 5.97 Å². The summed E-state index contributed by atoms with van der Waals surface area (Å²) in [6.45, 7) is 4.87. The molecule has 0 radical (unpaired) electrons. The SMILES string of the molecule is CCOC(=O)C(C)C(C)=NNC(=O)COc1ccc([N+](=O)[O-])cc1. The van der Waals surface area contributed by atoms with Crippen LogP contribution in [0.1, 0.15) is 20.8 Å². The van der Waals surface area contributed by atoms with Crippen molar-refractivity contribution in [1.82, 2.24) is 5.43 Å². The molecule has 0 fully saturated rings. The quantitative estimate of drug-likeness (QED) is 0.333. The number of carbonyl (C=O) groups is 2. The van der Waals surface area contributed by atoms with E-state index in [4.69, 9.17) is 9.47 Å². The van der Waals surface area contributed by atoms with Gasteiger partial charge in [-0.15, -0.1) is 0 Å². The molecule has 1 rings (SSSR count). The zero-order valence-corrected chi connectivity index (χ0v) is 13.6. The molecule has 0 saturated carbocycles. The van der Waals surface area contributed by atoms with E-state index in [0.717, 1.165) is 0 Å². The van der Waals surface area contributed by atoms with Crippen LogP contribution >= 0.6 is 0 Å². The van der Waals surface area contributed by atoms with Gasteiger partial charge in [0, 0.05) is 17.8 Å². The molecule has 1 amide bonds. The smallest absolute Gasteiger partial charge is 0.314 e. The summed E-state index contributed by atoms with van der Waals surface area (Å²) in [5.41, 5.74) is 2.60. The molecule has 0 aliphatic carbocycles. The van der Waals surface area contributed by atoms with E-state index in [1.165, 1.54) is 24.3 Å². The second-order valence-corrected chi connectivity index (χ2v) is 4.80. The van der Waals surface area contributed by atoms with Gasteiger partial charge in [0.15, 0.2) is 6.61 Å². The highest BCUT2D eigenvalue weighted by Gasteiger charge is 2.17. The molecular weight excluding hydrogens is 318 g/mol. The average molecular weight is 337 g/mol. The molecule has 0 saturated heterocycles. The largest absolute Gasteiger partial charge is 0.484 e. The van der Waals surface area contributed by atoms with Crippen molar-refractivity contribution in [3.63, 3.8) is 0 Å². The van der Waals surface area contributed by atoms with E-state index >= 15 is 0 Å². The second-order valence-electron chi connectivity index (χ2n) is 4.80. The molecule has 0 bridgehead atoms. The van der Waals surface area contributed by atoms with Gasteiger partial charge in [-0.2, -0.15) is 5.10 Å². The van der Waals surface area contributed by atoms with Gasteiger partial charge in [-0.25, -0.2) is 5.43 Å². The van der Waals surface area contributed by atoms with E-state index in [2.05, 4.69) is 10.5 Å². The van der Waals surface area contributed by atoms with Gasteiger partial charge < -0.3 is 9.47 Å². The Morgan fingerprint density at radius 1 is 1.33 bits per heavy atom. The van der Waals surface area contributed by atoms with Gasteiger partial charge in [0.1, 0.15) is 5.75 Å². The highest BCUT2D eigenvalue weighted by molar-refractivity contribution is 6.00. The normalized spacial score (nSPS) is 12.2. The van der Waals surface area contributed by atoms with Gasteiger partial charge in [-0.3, -0.25) is 19.7 Å². The molecule has 24 heavy (non-hydrogen) atoms. The third kappa shape index (κ3) is 6.03. The Hall–Kier alpha value is -2.97. The number of nitro groups is 1. The molecule has 0 aliphatic heterocycles. The lowest BCUT2D eigenvalue weighted by atomic mass is 10.1. The van der Waals surface area contributed by atoms with Crippen molar-refractivity contribution in [1.29, 1.82) is 0 Å². The van der Waals surface area contributed by atoms with Gasteiger partial charge in [0.25, 0.3) is 11.6 Å². The standard InChI is InChI=1S/C15H19N3O6/c1-4-23-15(20)10(2)11(3)16-17-14(19)9-24-13-7-5-12(6-8-13)18(21)22/h5-8,10H,4,9H2,1-3H3,(H,17,19). The van der Waals surface area contributed by atoms with E-state index < -0.39 is 22.7 Å². The van der Waals surface area contributed by atoms with Crippen LogP contribution in [0.2, 0.25) is 0 Å². The third-order valence-electron chi connectivity index (χ3n) is 3.04. The highest BCUT2D eigenvalue weighted by Crippen LogP contribution is 2.17. The molecule has 130 valence electrons. The van der Waals surface area contributed by atoms with Crippen molar-refractivity contribution in [2.45, 2.75) is 20.8 Å². The Bertz CT molecular complexity index is 627. The number of nitro benzene ring substituents is 1. The Labute approximate surface area is 138 Å². The Balaban J connectivity index is 2.47. The molecule has 1 aromatic carbocycles. The first-order valence-electron chi connectivity index (χ1n) is 7.22. The molecule has 0 aliphatic rings. The fraction of sp³-hybridized carbons (Fsp3) is 0.400. The molecule has 9 nitrogen and oxygen atoms in total. The number of hydrogen-bond acceptors (Lipinski definition) is 7. The Kier molecular flexibility index (Phi) is 7.34. The maximum absolute atomic E-state index is 11.6. The number of hydrazone groups is 1. The number of carbonyl (C=O) groups excluding carboxylic acids is 2. The number of amides is 1. The fourth-order valence-electron chi connectivity index (χ4n) is 1.53. The average Bonchev–Trinajstić information content (AvgIpc) is 2.57. The van der Waals surface area contributed by atoms with Crippen LogP contribution in [0, 0.1) is 16.0 Å². The molecule has 1 unspecified atom stereocenters. The van der Waals surface area contributed by atoms with Crippen LogP contribution < -0.4 is 10.2 Å². The lowest BCUT2D eigenvalue weighted by Gasteiger charge is -2.10. The van der Waals surface area contributed by atoms with Crippen LogP contribution in [0.4, 0.5) is 5.69 Å². The minimum Gasteiger partial charge on any atom is -0.484 e. The van der Waals surface area contributed by atoms with Crippen LogP contribution in [0.5, 0.6) is 5.75 Å². The van der Waals surface area contributed by atoms with Crippen LogP contribution in [-0.4, -0.2) is 35.7 Å². The monoisotopic (exact) mass is 337 g/mol. The second kappa shape index (κ2) is 9.23. The number of esters is 1. The Morgan fingerprint density at radius 2 is 1.96 bits per heavy atom. The van der Waals surface area contributed by atoms with E-state index in [0.29, 0.717) is 11.5 Å². The summed E-state index contributed by atoms with van der Waals surface area (Å²) >= 11 is 0. The number of ether oxygens (including phenoxy) is 2. The minimum absolute atomic E-state index is 0.0695. The maximum Gasteiger partial charge on any atom is 0.314 e. The van der Waals surface area contributed by atoms with E-state index in [1.807, 2.05) is 0 Å². The summed E-state index contributed by atoms with van der Waals surface area (Å²) < 4.78 is 10.0. The van der Waals surface area contributed by atoms with E-state index in [9.17, 15) is 19.7 Å². The van der Waals surface area contributed by atoms with Crippen molar-refractivity contribution in [2.75, 3.05) is 13.2 Å². The molecule has 0 aromatic heterocycles. The van der Waals surface area contributed by atoms with Crippen molar-refractivity contribution in [3.8, 4) is 5.75 Å². The first-order chi connectivity index (χ1) is 11.3. The fourth-order valence-corrected chi connectivity index (χ4v) is 1.53. The summed E-state index contributed by atoms with van der Waals surface area (Å²) in [6, 6.07) is 5.33. The van der Waals surface area contributed by atoms with E-state index in [-0.39, 0.29) is 18.9 Å². The number of hydrogen-bond donors (Lipinski definition) is 1. The molecule has 0 heterocycles. The van der Waals surface area contributed by atoms with Gasteiger partial charge in [0.05, 0.1) is 17.4 Å². The molecule has 9 heteroatoms. The van der Waals surface area contributed by atoms with E-state index in [1.54, 1.807) is 20.8 Å². The minimum atomic E-state index is -0.569. The van der Waals surface area contributed by atoms with Crippen molar-refractivity contribution in [3.05, 3.63) is 34.4 Å². The zero-order valence-electron chi connectivity index (χ0n) is 13.6. The zero-order chi connectivity index (χ0) is 18.1. The highest BCUT2D eigenvalue weighted by atomic mass is 16.6. The van der Waals surface area contributed by atoms with Crippen molar-refractivity contribution >= 4 is 23.3 Å². The predicted octanol–water partition coefficient (Wildman–Crippen LogP) is 1.66. The first-order valence-corrected chi connectivity index (χ1v) is 7.22. The summed E-state index contributed by atoms with van der Waals surface area (Å²) in [5, 5.41) is 14.3. The topological polar surface area (TPSA) is 120 Å². The number of non-ortho nitro benzene ring substituents is 1. The lowest BCUT2D eigenvalue weighted by molar-refractivity contribution is -0.384. The summed E-state index contributed by atoms with van der Waals surface area (Å²) in [4.78, 5) is 33.2. The van der Waals surface area contributed by atoms with Crippen molar-refractivity contribution < 1.29 is 24.0 Å². The lowest BCUT2D eigenvalue weighted by Crippen LogP contribution is -2.28. The van der Waals surface area contributed by atoms with Crippen LogP contribution in [-0.2, 0) is 14.3 Å². The number of benzene rings is 1. The summed E-state index contributed by atoms with van der Waals surface area (Å²) in [5.74, 6) is -1.20. The van der Waals surface area contributed by atoms with Crippen LogP contribution in [0.3, 0.4) is 0 Å². The first kappa shape index (κ1) is 19.1. The molecular formula is C15H19N3O6. The van der Waals surface area contributed by atoms with Gasteiger partial charge in [-0.05, 0) is 32.9 Å². The molecule has 1 atom stereocenters. The molecule has 1 N–H and O–H groups in total.